The average molecular weight is 530 g/mol. The van der Waals surface area contributed by atoms with Gasteiger partial charge in [-0.3, -0.25) is 14.5 Å². The Labute approximate surface area is 226 Å². The second kappa shape index (κ2) is 12.3. The number of carbonyl (C=O) groups is 4. The molecular formula is C29H43N3O6. The molecule has 2 saturated heterocycles. The summed E-state index contributed by atoms with van der Waals surface area (Å²) in [4.78, 5) is 57.4. The number of amides is 2. The van der Waals surface area contributed by atoms with Gasteiger partial charge < -0.3 is 19.3 Å². The number of benzene rings is 1. The summed E-state index contributed by atoms with van der Waals surface area (Å²) in [7, 11) is 0. The minimum Gasteiger partial charge on any atom is -0.458 e. The Bertz CT molecular complexity index is 938. The zero-order valence-electron chi connectivity index (χ0n) is 23.7. The fraction of sp³-hybridized carbons (Fsp3) is 0.655. The molecule has 2 heterocycles. The number of esters is 2. The molecule has 1 aromatic rings. The van der Waals surface area contributed by atoms with E-state index < -0.39 is 35.2 Å². The van der Waals surface area contributed by atoms with Crippen molar-refractivity contribution >= 4 is 23.8 Å². The van der Waals surface area contributed by atoms with Gasteiger partial charge in [-0.1, -0.05) is 30.3 Å². The van der Waals surface area contributed by atoms with Gasteiger partial charge >= 0.3 is 11.9 Å². The van der Waals surface area contributed by atoms with E-state index in [-0.39, 0.29) is 24.9 Å². The zero-order chi connectivity index (χ0) is 28.1. The lowest BCUT2D eigenvalue weighted by Crippen LogP contribution is -2.50. The Hall–Kier alpha value is -2.94. The first-order chi connectivity index (χ1) is 17.7. The third-order valence-corrected chi connectivity index (χ3v) is 6.47. The molecule has 0 aromatic heterocycles. The summed E-state index contributed by atoms with van der Waals surface area (Å²) in [6, 6.07) is 8.39. The molecule has 0 radical (unpaired) electrons. The fourth-order valence-electron chi connectivity index (χ4n) is 4.93. The topological polar surface area (TPSA) is 96.5 Å². The number of ether oxygens (including phenoxy) is 2. The normalized spacial score (nSPS) is 20.1. The molecule has 0 N–H and O–H groups in total. The van der Waals surface area contributed by atoms with Gasteiger partial charge in [-0.25, -0.2) is 9.59 Å². The van der Waals surface area contributed by atoms with Crippen molar-refractivity contribution in [3.05, 3.63) is 35.9 Å². The van der Waals surface area contributed by atoms with E-state index in [0.29, 0.717) is 32.5 Å². The molecule has 2 fully saturated rings. The first kappa shape index (κ1) is 29.6. The lowest BCUT2D eigenvalue weighted by molar-refractivity contribution is -0.163. The van der Waals surface area contributed by atoms with Crippen LogP contribution in [-0.4, -0.2) is 87.9 Å². The summed E-state index contributed by atoms with van der Waals surface area (Å²) in [6.45, 7) is 12.1. The van der Waals surface area contributed by atoms with Crippen LogP contribution in [0.5, 0.6) is 0 Å². The predicted molar refractivity (Wildman–Crippen MR) is 143 cm³/mol. The standard InChI is InChI=1S/C29H43N3O6/c1-28(2,3)37-26(35)22-14-10-16-31(22)24(33)19-30(18-21-12-8-7-9-13-21)20-25(34)32-17-11-15-23(32)27(36)38-29(4,5)6/h7-9,12-13,22-23H,10-11,14-20H2,1-6H3/t22-,23-/m1/s1. The number of likely N-dealkylation sites (tertiary alicyclic amines) is 2. The first-order valence-electron chi connectivity index (χ1n) is 13.5. The van der Waals surface area contributed by atoms with Crippen LogP contribution in [0, 0.1) is 0 Å². The molecule has 9 heteroatoms. The van der Waals surface area contributed by atoms with Crippen LogP contribution in [-0.2, 0) is 35.2 Å². The van der Waals surface area contributed by atoms with Crippen LogP contribution >= 0.6 is 0 Å². The van der Waals surface area contributed by atoms with Crippen LogP contribution in [0.25, 0.3) is 0 Å². The Balaban J connectivity index is 1.72. The van der Waals surface area contributed by atoms with Crippen LogP contribution in [0.3, 0.4) is 0 Å². The molecule has 1 aromatic carbocycles. The highest BCUT2D eigenvalue weighted by atomic mass is 16.6. The lowest BCUT2D eigenvalue weighted by atomic mass is 10.1. The number of hydrogen-bond acceptors (Lipinski definition) is 7. The Morgan fingerprint density at radius 2 is 1.18 bits per heavy atom. The minimum absolute atomic E-state index is 0.0229. The summed E-state index contributed by atoms with van der Waals surface area (Å²) in [5.74, 6) is -1.22. The lowest BCUT2D eigenvalue weighted by Gasteiger charge is -2.31. The van der Waals surface area contributed by atoms with E-state index >= 15 is 0 Å². The highest BCUT2D eigenvalue weighted by molar-refractivity contribution is 5.88. The maximum atomic E-state index is 13.4. The molecule has 2 atom stereocenters. The number of nitrogens with zero attached hydrogens (tertiary/aromatic N) is 3. The molecule has 2 amide bonds. The van der Waals surface area contributed by atoms with Crippen LogP contribution in [0.1, 0.15) is 72.8 Å². The number of hydrogen-bond donors (Lipinski definition) is 0. The molecule has 0 unspecified atom stereocenters. The number of rotatable bonds is 8. The highest BCUT2D eigenvalue weighted by Crippen LogP contribution is 2.24. The van der Waals surface area contributed by atoms with Crippen LogP contribution < -0.4 is 0 Å². The van der Waals surface area contributed by atoms with Crippen molar-refractivity contribution in [2.45, 2.75) is 97.1 Å². The van der Waals surface area contributed by atoms with E-state index in [2.05, 4.69) is 0 Å². The third-order valence-electron chi connectivity index (χ3n) is 6.47. The summed E-state index contributed by atoms with van der Waals surface area (Å²) >= 11 is 0. The molecule has 3 rings (SSSR count). The third kappa shape index (κ3) is 8.55. The quantitative estimate of drug-likeness (QED) is 0.477. The van der Waals surface area contributed by atoms with E-state index in [1.807, 2.05) is 71.9 Å². The van der Waals surface area contributed by atoms with E-state index in [1.54, 1.807) is 14.7 Å². The van der Waals surface area contributed by atoms with Crippen LogP contribution in [0.4, 0.5) is 0 Å². The molecule has 38 heavy (non-hydrogen) atoms. The van der Waals surface area contributed by atoms with E-state index in [4.69, 9.17) is 9.47 Å². The molecule has 210 valence electrons. The Kier molecular flexibility index (Phi) is 9.57. The smallest absolute Gasteiger partial charge is 0.329 e. The van der Waals surface area contributed by atoms with Gasteiger partial charge in [-0.15, -0.1) is 0 Å². The molecule has 9 nitrogen and oxygen atoms in total. The molecule has 0 aliphatic carbocycles. The van der Waals surface area contributed by atoms with Crippen molar-refractivity contribution in [1.82, 2.24) is 14.7 Å². The van der Waals surface area contributed by atoms with E-state index in [9.17, 15) is 19.2 Å². The van der Waals surface area contributed by atoms with E-state index in [1.165, 1.54) is 0 Å². The van der Waals surface area contributed by atoms with E-state index in [0.717, 1.165) is 18.4 Å². The van der Waals surface area contributed by atoms with Gasteiger partial charge in [0, 0.05) is 19.6 Å². The maximum absolute atomic E-state index is 13.4. The largest absolute Gasteiger partial charge is 0.458 e. The van der Waals surface area contributed by atoms with Crippen molar-refractivity contribution < 1.29 is 28.7 Å². The SMILES string of the molecule is CC(C)(C)OC(=O)[C@H]1CCCN1C(=O)CN(CC(=O)N1CCC[C@@H]1C(=O)OC(C)(C)C)Cc1ccccc1. The monoisotopic (exact) mass is 529 g/mol. The van der Waals surface area contributed by atoms with Gasteiger partial charge in [0.25, 0.3) is 0 Å². The second-order valence-corrected chi connectivity index (χ2v) is 12.2. The van der Waals surface area contributed by atoms with Crippen molar-refractivity contribution in [1.29, 1.82) is 0 Å². The first-order valence-corrected chi connectivity index (χ1v) is 13.5. The second-order valence-electron chi connectivity index (χ2n) is 12.2. The minimum atomic E-state index is -0.638. The van der Waals surface area contributed by atoms with Gasteiger partial charge in [0.1, 0.15) is 23.3 Å². The molecule has 2 aliphatic heterocycles. The average Bonchev–Trinajstić information content (AvgIpc) is 3.47. The number of carbonyl (C=O) groups excluding carboxylic acids is 4. The van der Waals surface area contributed by atoms with Gasteiger partial charge in [-0.05, 0) is 72.8 Å². The predicted octanol–water partition coefficient (Wildman–Crippen LogP) is 3.15. The molecule has 0 saturated carbocycles. The summed E-state index contributed by atoms with van der Waals surface area (Å²) in [5, 5.41) is 0. The summed E-state index contributed by atoms with van der Waals surface area (Å²) in [6.07, 6.45) is 2.56. The molecule has 0 bridgehead atoms. The van der Waals surface area contributed by atoms with Crippen LogP contribution in [0.2, 0.25) is 0 Å². The maximum Gasteiger partial charge on any atom is 0.329 e. The fourth-order valence-corrected chi connectivity index (χ4v) is 4.93. The van der Waals surface area contributed by atoms with Crippen molar-refractivity contribution in [3.63, 3.8) is 0 Å². The van der Waals surface area contributed by atoms with Gasteiger partial charge in [0.05, 0.1) is 13.1 Å². The van der Waals surface area contributed by atoms with Crippen molar-refractivity contribution in [2.24, 2.45) is 0 Å². The van der Waals surface area contributed by atoms with Crippen molar-refractivity contribution in [2.75, 3.05) is 26.2 Å². The van der Waals surface area contributed by atoms with Gasteiger partial charge in [0.2, 0.25) is 11.8 Å². The molecule has 2 aliphatic rings. The summed E-state index contributed by atoms with van der Waals surface area (Å²) in [5.41, 5.74) is -0.315. The zero-order valence-corrected chi connectivity index (χ0v) is 23.7. The molecule has 0 spiro atoms. The van der Waals surface area contributed by atoms with Crippen molar-refractivity contribution in [3.8, 4) is 0 Å². The van der Waals surface area contributed by atoms with Gasteiger partial charge in [-0.2, -0.15) is 0 Å². The Morgan fingerprint density at radius 1 is 0.763 bits per heavy atom. The molecular weight excluding hydrogens is 486 g/mol. The highest BCUT2D eigenvalue weighted by Gasteiger charge is 2.39. The van der Waals surface area contributed by atoms with Gasteiger partial charge in [0.15, 0.2) is 0 Å². The Morgan fingerprint density at radius 3 is 1.58 bits per heavy atom. The summed E-state index contributed by atoms with van der Waals surface area (Å²) < 4.78 is 11.1. The van der Waals surface area contributed by atoms with Crippen LogP contribution in [0.15, 0.2) is 30.3 Å².